The van der Waals surface area contributed by atoms with Gasteiger partial charge in [0.15, 0.2) is 12.4 Å². The molecular formula is C22H18BrNO4. The topological polar surface area (TPSA) is 64.6 Å². The maximum Gasteiger partial charge on any atom is 0.259 e. The Balaban J connectivity index is 1.64. The summed E-state index contributed by atoms with van der Waals surface area (Å²) in [5, 5.41) is 2.81. The highest BCUT2D eigenvalue weighted by molar-refractivity contribution is 9.10. The molecule has 0 aliphatic heterocycles. The minimum Gasteiger partial charge on any atom is -0.496 e. The van der Waals surface area contributed by atoms with Crippen LogP contribution in [0.25, 0.3) is 0 Å². The first-order valence-electron chi connectivity index (χ1n) is 8.53. The fourth-order valence-electron chi connectivity index (χ4n) is 2.56. The third-order valence-electron chi connectivity index (χ3n) is 3.98. The molecule has 1 N–H and O–H groups in total. The number of halogens is 1. The van der Waals surface area contributed by atoms with Gasteiger partial charge in [0.25, 0.3) is 5.91 Å². The lowest BCUT2D eigenvalue weighted by Gasteiger charge is -2.11. The van der Waals surface area contributed by atoms with Gasteiger partial charge in [0.2, 0.25) is 0 Å². The molecule has 5 nitrogen and oxygen atoms in total. The Labute approximate surface area is 171 Å². The number of nitrogens with one attached hydrogen (secondary N) is 1. The molecule has 0 fully saturated rings. The van der Waals surface area contributed by atoms with Crippen molar-refractivity contribution in [2.75, 3.05) is 19.0 Å². The Morgan fingerprint density at radius 2 is 1.71 bits per heavy atom. The Bertz CT molecular complexity index is 986. The number of benzene rings is 3. The van der Waals surface area contributed by atoms with Crippen molar-refractivity contribution in [2.45, 2.75) is 0 Å². The van der Waals surface area contributed by atoms with Gasteiger partial charge in [-0.1, -0.05) is 46.3 Å². The molecule has 0 atom stereocenters. The molecule has 0 saturated heterocycles. The molecule has 6 heteroatoms. The average molecular weight is 440 g/mol. The van der Waals surface area contributed by atoms with Gasteiger partial charge in [0.1, 0.15) is 11.5 Å². The zero-order valence-corrected chi connectivity index (χ0v) is 16.7. The van der Waals surface area contributed by atoms with Crippen LogP contribution in [-0.4, -0.2) is 25.4 Å². The van der Waals surface area contributed by atoms with Gasteiger partial charge in [0.05, 0.1) is 12.7 Å². The summed E-state index contributed by atoms with van der Waals surface area (Å²) in [5.74, 6) is 0.562. The van der Waals surface area contributed by atoms with Crippen molar-refractivity contribution in [3.8, 4) is 11.5 Å². The van der Waals surface area contributed by atoms with Crippen LogP contribution in [0.3, 0.4) is 0 Å². The van der Waals surface area contributed by atoms with Gasteiger partial charge < -0.3 is 14.8 Å². The van der Waals surface area contributed by atoms with Crippen molar-refractivity contribution >= 4 is 33.3 Å². The SMILES string of the molecule is COc1ccccc1C(=O)Nc1cccc(OCC(=O)c2ccc(Br)cc2)c1. The van der Waals surface area contributed by atoms with Crippen LogP contribution in [0.4, 0.5) is 5.69 Å². The quantitative estimate of drug-likeness (QED) is 0.527. The first-order chi connectivity index (χ1) is 13.6. The molecular weight excluding hydrogens is 422 g/mol. The van der Waals surface area contributed by atoms with E-state index < -0.39 is 0 Å². The lowest BCUT2D eigenvalue weighted by Crippen LogP contribution is -2.14. The summed E-state index contributed by atoms with van der Waals surface area (Å²) in [7, 11) is 1.52. The van der Waals surface area contributed by atoms with Crippen molar-refractivity contribution < 1.29 is 19.1 Å². The summed E-state index contributed by atoms with van der Waals surface area (Å²) in [6.45, 7) is -0.0917. The highest BCUT2D eigenvalue weighted by Crippen LogP contribution is 2.22. The highest BCUT2D eigenvalue weighted by Gasteiger charge is 2.12. The number of carbonyl (C=O) groups excluding carboxylic acids is 2. The molecule has 0 aliphatic rings. The predicted molar refractivity (Wildman–Crippen MR) is 111 cm³/mol. The van der Waals surface area contributed by atoms with Crippen LogP contribution in [0.1, 0.15) is 20.7 Å². The van der Waals surface area contributed by atoms with Gasteiger partial charge in [0, 0.05) is 21.8 Å². The van der Waals surface area contributed by atoms with E-state index in [0.29, 0.717) is 28.3 Å². The summed E-state index contributed by atoms with van der Waals surface area (Å²) >= 11 is 3.34. The molecule has 0 unspecified atom stereocenters. The van der Waals surface area contributed by atoms with Crippen molar-refractivity contribution in [1.82, 2.24) is 0 Å². The van der Waals surface area contributed by atoms with Crippen LogP contribution in [0.5, 0.6) is 11.5 Å². The van der Waals surface area contributed by atoms with Gasteiger partial charge in [-0.25, -0.2) is 0 Å². The molecule has 3 aromatic carbocycles. The minimum atomic E-state index is -0.291. The van der Waals surface area contributed by atoms with Crippen LogP contribution >= 0.6 is 15.9 Å². The number of para-hydroxylation sites is 1. The molecule has 0 heterocycles. The first kappa shape index (κ1) is 19.6. The Kier molecular flexibility index (Phi) is 6.45. The van der Waals surface area contributed by atoms with Crippen LogP contribution in [0.15, 0.2) is 77.3 Å². The van der Waals surface area contributed by atoms with E-state index >= 15 is 0 Å². The van der Waals surface area contributed by atoms with Gasteiger partial charge in [-0.3, -0.25) is 9.59 Å². The molecule has 3 aromatic rings. The molecule has 28 heavy (non-hydrogen) atoms. The number of methoxy groups -OCH3 is 1. The molecule has 0 bridgehead atoms. The number of ether oxygens (including phenoxy) is 2. The molecule has 0 saturated carbocycles. The lowest BCUT2D eigenvalue weighted by atomic mass is 10.1. The van der Waals surface area contributed by atoms with E-state index in [1.165, 1.54) is 7.11 Å². The van der Waals surface area contributed by atoms with Gasteiger partial charge >= 0.3 is 0 Å². The van der Waals surface area contributed by atoms with Crippen molar-refractivity contribution in [3.63, 3.8) is 0 Å². The zero-order valence-electron chi connectivity index (χ0n) is 15.1. The molecule has 3 rings (SSSR count). The molecule has 1 amide bonds. The Hall–Kier alpha value is -3.12. The molecule has 0 aromatic heterocycles. The number of ketones is 1. The lowest BCUT2D eigenvalue weighted by molar-refractivity contribution is 0.0920. The van der Waals surface area contributed by atoms with Gasteiger partial charge in [-0.05, 0) is 36.4 Å². The number of rotatable bonds is 7. The number of hydrogen-bond acceptors (Lipinski definition) is 4. The van der Waals surface area contributed by atoms with E-state index in [-0.39, 0.29) is 18.3 Å². The second-order valence-corrected chi connectivity index (χ2v) is 6.82. The first-order valence-corrected chi connectivity index (χ1v) is 9.32. The fraction of sp³-hybridized carbons (Fsp3) is 0.0909. The van der Waals surface area contributed by atoms with E-state index in [0.717, 1.165) is 4.47 Å². The van der Waals surface area contributed by atoms with Crippen molar-refractivity contribution in [3.05, 3.63) is 88.4 Å². The summed E-state index contributed by atoms with van der Waals surface area (Å²) < 4.78 is 11.7. The Morgan fingerprint density at radius 3 is 2.46 bits per heavy atom. The minimum absolute atomic E-state index is 0.0917. The molecule has 0 radical (unpaired) electrons. The number of Topliss-reactive ketones (excluding diaryl/α,β-unsaturated/α-hetero) is 1. The number of amides is 1. The van der Waals surface area contributed by atoms with E-state index in [4.69, 9.17) is 9.47 Å². The standard InChI is InChI=1S/C22H18BrNO4/c1-27-21-8-3-2-7-19(21)22(26)24-17-5-4-6-18(13-17)28-14-20(25)15-9-11-16(23)12-10-15/h2-13H,14H2,1H3,(H,24,26). The van der Waals surface area contributed by atoms with E-state index in [2.05, 4.69) is 21.2 Å². The molecule has 142 valence electrons. The number of anilines is 1. The van der Waals surface area contributed by atoms with Crippen LogP contribution in [-0.2, 0) is 0 Å². The maximum absolute atomic E-state index is 12.5. The maximum atomic E-state index is 12.5. The third kappa shape index (κ3) is 4.98. The summed E-state index contributed by atoms with van der Waals surface area (Å²) in [6.07, 6.45) is 0. The average Bonchev–Trinajstić information content (AvgIpc) is 2.72. The summed E-state index contributed by atoms with van der Waals surface area (Å²) in [4.78, 5) is 24.7. The van der Waals surface area contributed by atoms with Crippen LogP contribution in [0, 0.1) is 0 Å². The second-order valence-electron chi connectivity index (χ2n) is 5.90. The smallest absolute Gasteiger partial charge is 0.259 e. The normalized spacial score (nSPS) is 10.2. The van der Waals surface area contributed by atoms with E-state index in [1.807, 2.05) is 0 Å². The van der Waals surface area contributed by atoms with Crippen LogP contribution in [0.2, 0.25) is 0 Å². The van der Waals surface area contributed by atoms with Gasteiger partial charge in [-0.15, -0.1) is 0 Å². The molecule has 0 spiro atoms. The monoisotopic (exact) mass is 439 g/mol. The van der Waals surface area contributed by atoms with E-state index in [9.17, 15) is 9.59 Å². The van der Waals surface area contributed by atoms with E-state index in [1.54, 1.807) is 72.8 Å². The third-order valence-corrected chi connectivity index (χ3v) is 4.51. The number of hydrogen-bond donors (Lipinski definition) is 1. The summed E-state index contributed by atoms with van der Waals surface area (Å²) in [6, 6.07) is 21.0. The number of carbonyl (C=O) groups is 2. The Morgan fingerprint density at radius 1 is 0.964 bits per heavy atom. The largest absolute Gasteiger partial charge is 0.496 e. The van der Waals surface area contributed by atoms with Crippen LogP contribution < -0.4 is 14.8 Å². The molecule has 0 aliphatic carbocycles. The summed E-state index contributed by atoms with van der Waals surface area (Å²) in [5.41, 5.74) is 1.56. The van der Waals surface area contributed by atoms with Crippen molar-refractivity contribution in [1.29, 1.82) is 0 Å². The predicted octanol–water partition coefficient (Wildman–Crippen LogP) is 4.97. The highest BCUT2D eigenvalue weighted by atomic mass is 79.9. The zero-order chi connectivity index (χ0) is 19.9. The van der Waals surface area contributed by atoms with Gasteiger partial charge in [-0.2, -0.15) is 0 Å². The second kappa shape index (κ2) is 9.19. The fourth-order valence-corrected chi connectivity index (χ4v) is 2.83. The van der Waals surface area contributed by atoms with Crippen molar-refractivity contribution in [2.24, 2.45) is 0 Å².